The smallest absolute Gasteiger partial charge is 0.162 e. The summed E-state index contributed by atoms with van der Waals surface area (Å²) < 4.78 is 3.62. The number of hydrogen-bond donors (Lipinski definition) is 0. The molecule has 1 rings (SSSR count). The van der Waals surface area contributed by atoms with Crippen LogP contribution in [-0.4, -0.2) is 4.37 Å². The first-order valence-corrected chi connectivity index (χ1v) is 3.40. The third-order valence-corrected chi connectivity index (χ3v) is 1.99. The van der Waals surface area contributed by atoms with E-state index in [0.717, 1.165) is 11.5 Å². The number of nitrogens with zero attached hydrogens (tertiary/aromatic N) is 3. The average molecular weight is 170 g/mol. The molecule has 0 N–H and O–H groups in total. The van der Waals surface area contributed by atoms with Gasteiger partial charge in [0.1, 0.15) is 22.6 Å². The summed E-state index contributed by atoms with van der Waals surface area (Å²) in [6.07, 6.45) is 0. The fraction of sp³-hybridized carbons (Fsp3) is 0. The van der Waals surface area contributed by atoms with Gasteiger partial charge in [-0.1, -0.05) is 11.6 Å². The van der Waals surface area contributed by atoms with Crippen molar-refractivity contribution < 1.29 is 0 Å². The number of hydrogen-bond acceptors (Lipinski definition) is 4. The Morgan fingerprint density at radius 2 is 2.10 bits per heavy atom. The summed E-state index contributed by atoms with van der Waals surface area (Å²) in [7, 11) is 0. The fourth-order valence-corrected chi connectivity index (χ4v) is 1.28. The van der Waals surface area contributed by atoms with Crippen LogP contribution in [0.1, 0.15) is 10.4 Å². The molecule has 0 spiro atoms. The first kappa shape index (κ1) is 7.01. The van der Waals surface area contributed by atoms with Gasteiger partial charge in [0, 0.05) is 0 Å². The summed E-state index contributed by atoms with van der Waals surface area (Å²) in [6, 6.07) is 3.60. The normalized spacial score (nSPS) is 8.30. The summed E-state index contributed by atoms with van der Waals surface area (Å²) in [5, 5.41) is 16.9. The minimum absolute atomic E-state index is 0.115. The Kier molecular flexibility index (Phi) is 1.86. The van der Waals surface area contributed by atoms with E-state index in [-0.39, 0.29) is 15.6 Å². The summed E-state index contributed by atoms with van der Waals surface area (Å²) in [4.78, 5) is 0.271. The molecule has 0 unspecified atom stereocenters. The van der Waals surface area contributed by atoms with Crippen LogP contribution in [0.15, 0.2) is 0 Å². The predicted molar refractivity (Wildman–Crippen MR) is 36.6 cm³/mol. The summed E-state index contributed by atoms with van der Waals surface area (Å²) >= 11 is 6.38. The van der Waals surface area contributed by atoms with Crippen molar-refractivity contribution in [3.8, 4) is 12.1 Å². The Hall–Kier alpha value is -1.10. The third kappa shape index (κ3) is 0.950. The van der Waals surface area contributed by atoms with Gasteiger partial charge < -0.3 is 0 Å². The lowest BCUT2D eigenvalue weighted by Gasteiger charge is -1.76. The van der Waals surface area contributed by atoms with E-state index in [1.807, 2.05) is 6.07 Å². The largest absolute Gasteiger partial charge is 0.192 e. The van der Waals surface area contributed by atoms with Gasteiger partial charge in [0.25, 0.3) is 0 Å². The maximum atomic E-state index is 8.40. The molecule has 0 saturated heterocycles. The summed E-state index contributed by atoms with van der Waals surface area (Å²) in [5.41, 5.74) is 0.175. The monoisotopic (exact) mass is 169 g/mol. The van der Waals surface area contributed by atoms with Crippen LogP contribution in [0.2, 0.25) is 5.15 Å². The Labute approximate surface area is 66.3 Å². The van der Waals surface area contributed by atoms with Gasteiger partial charge in [-0.15, -0.1) is 0 Å². The molecule has 0 aliphatic carbocycles. The van der Waals surface area contributed by atoms with Crippen LogP contribution in [0.4, 0.5) is 0 Å². The van der Waals surface area contributed by atoms with Crippen molar-refractivity contribution in [1.29, 1.82) is 10.5 Å². The fourth-order valence-electron chi connectivity index (χ4n) is 0.444. The molecule has 1 aromatic rings. The predicted octanol–water partition coefficient (Wildman–Crippen LogP) is 1.54. The number of halogens is 1. The lowest BCUT2D eigenvalue weighted by molar-refractivity contribution is 1.45. The molecule has 0 radical (unpaired) electrons. The van der Waals surface area contributed by atoms with Crippen molar-refractivity contribution in [2.45, 2.75) is 0 Å². The second-order valence-electron chi connectivity index (χ2n) is 1.40. The van der Waals surface area contributed by atoms with Crippen LogP contribution >= 0.6 is 23.1 Å². The van der Waals surface area contributed by atoms with E-state index in [4.69, 9.17) is 22.1 Å². The van der Waals surface area contributed by atoms with Crippen LogP contribution in [0.5, 0.6) is 0 Å². The van der Waals surface area contributed by atoms with E-state index in [1.54, 1.807) is 6.07 Å². The zero-order valence-electron chi connectivity index (χ0n) is 4.63. The molecule has 5 heteroatoms. The molecule has 0 bridgehead atoms. The van der Waals surface area contributed by atoms with E-state index in [0.29, 0.717) is 0 Å². The molecule has 48 valence electrons. The molecule has 0 fully saturated rings. The highest BCUT2D eigenvalue weighted by Crippen LogP contribution is 2.20. The zero-order valence-corrected chi connectivity index (χ0v) is 6.20. The Balaban J connectivity index is 3.34. The SMILES string of the molecule is N#Cc1snc(Cl)c1C#N. The molecular formula is C5ClN3S. The minimum atomic E-state index is 0.115. The Bertz CT molecular complexity index is 330. The topological polar surface area (TPSA) is 60.5 Å². The van der Waals surface area contributed by atoms with Crippen molar-refractivity contribution in [3.05, 3.63) is 15.6 Å². The molecule has 0 saturated carbocycles. The molecule has 0 atom stereocenters. The van der Waals surface area contributed by atoms with Gasteiger partial charge in [-0.05, 0) is 11.5 Å². The van der Waals surface area contributed by atoms with Crippen LogP contribution in [-0.2, 0) is 0 Å². The van der Waals surface area contributed by atoms with E-state index in [2.05, 4.69) is 4.37 Å². The molecule has 0 aliphatic heterocycles. The third-order valence-electron chi connectivity index (χ3n) is 0.864. The molecule has 0 amide bonds. The maximum absolute atomic E-state index is 8.40. The van der Waals surface area contributed by atoms with Crippen molar-refractivity contribution in [2.24, 2.45) is 0 Å². The standard InChI is InChI=1S/C5ClN3S/c6-5-3(1-7)4(2-8)10-9-5. The minimum Gasteiger partial charge on any atom is -0.192 e. The van der Waals surface area contributed by atoms with Gasteiger partial charge in [-0.25, -0.2) is 0 Å². The zero-order chi connectivity index (χ0) is 7.56. The van der Waals surface area contributed by atoms with Gasteiger partial charge in [0.05, 0.1) is 0 Å². The van der Waals surface area contributed by atoms with Gasteiger partial charge in [0.2, 0.25) is 0 Å². The quantitative estimate of drug-likeness (QED) is 0.592. The van der Waals surface area contributed by atoms with E-state index < -0.39 is 0 Å². The maximum Gasteiger partial charge on any atom is 0.162 e. The molecule has 3 nitrogen and oxygen atoms in total. The lowest BCUT2D eigenvalue weighted by Crippen LogP contribution is -1.72. The molecule has 10 heavy (non-hydrogen) atoms. The average Bonchev–Trinajstić information content (AvgIpc) is 2.30. The second-order valence-corrected chi connectivity index (χ2v) is 2.53. The molecule has 1 aromatic heterocycles. The van der Waals surface area contributed by atoms with Crippen LogP contribution < -0.4 is 0 Å². The van der Waals surface area contributed by atoms with Crippen molar-refractivity contribution >= 4 is 23.1 Å². The van der Waals surface area contributed by atoms with Gasteiger partial charge >= 0.3 is 0 Å². The molecule has 1 heterocycles. The van der Waals surface area contributed by atoms with Crippen LogP contribution in [0.25, 0.3) is 0 Å². The van der Waals surface area contributed by atoms with Crippen molar-refractivity contribution in [3.63, 3.8) is 0 Å². The number of aromatic nitrogens is 1. The second kappa shape index (κ2) is 2.66. The van der Waals surface area contributed by atoms with Crippen LogP contribution in [0.3, 0.4) is 0 Å². The Morgan fingerprint density at radius 3 is 2.50 bits per heavy atom. The van der Waals surface area contributed by atoms with E-state index >= 15 is 0 Å². The lowest BCUT2D eigenvalue weighted by atomic mass is 10.3. The summed E-state index contributed by atoms with van der Waals surface area (Å²) in [6.45, 7) is 0. The molecule has 0 aromatic carbocycles. The van der Waals surface area contributed by atoms with Crippen molar-refractivity contribution in [2.75, 3.05) is 0 Å². The van der Waals surface area contributed by atoms with Crippen LogP contribution in [0, 0.1) is 22.7 Å². The highest BCUT2D eigenvalue weighted by molar-refractivity contribution is 7.07. The van der Waals surface area contributed by atoms with E-state index in [1.165, 1.54) is 0 Å². The molecular weight excluding hydrogens is 170 g/mol. The highest BCUT2D eigenvalue weighted by atomic mass is 35.5. The highest BCUT2D eigenvalue weighted by Gasteiger charge is 2.09. The van der Waals surface area contributed by atoms with Crippen molar-refractivity contribution in [1.82, 2.24) is 4.37 Å². The van der Waals surface area contributed by atoms with Gasteiger partial charge in [0.15, 0.2) is 5.15 Å². The van der Waals surface area contributed by atoms with Gasteiger partial charge in [-0.2, -0.15) is 14.9 Å². The first-order chi connectivity index (χ1) is 4.79. The Morgan fingerprint density at radius 1 is 1.40 bits per heavy atom. The molecule has 0 aliphatic rings. The summed E-state index contributed by atoms with van der Waals surface area (Å²) in [5.74, 6) is 0. The van der Waals surface area contributed by atoms with E-state index in [9.17, 15) is 0 Å². The van der Waals surface area contributed by atoms with Gasteiger partial charge in [-0.3, -0.25) is 0 Å². The first-order valence-electron chi connectivity index (χ1n) is 2.25. The number of nitriles is 2. The number of rotatable bonds is 0.